The van der Waals surface area contributed by atoms with Crippen molar-refractivity contribution in [2.24, 2.45) is 0 Å². The first kappa shape index (κ1) is 10.7. The molecule has 0 heterocycles. The van der Waals surface area contributed by atoms with Crippen LogP contribution in [0.2, 0.25) is 0 Å². The number of hydrogen-bond acceptors (Lipinski definition) is 2. The van der Waals surface area contributed by atoms with Crippen LogP contribution in [0, 0.1) is 5.82 Å². The molecule has 0 radical (unpaired) electrons. The standard InChI is InChI=1S/C11H14FNO/c1-3-6-13(2)11-5-4-9(8-14)7-10(11)12/h3-5,7,14H,1,6,8H2,2H3. The van der Waals surface area contributed by atoms with E-state index in [0.717, 1.165) is 0 Å². The summed E-state index contributed by atoms with van der Waals surface area (Å²) in [6.45, 7) is 4.04. The van der Waals surface area contributed by atoms with Crippen molar-refractivity contribution < 1.29 is 9.50 Å². The van der Waals surface area contributed by atoms with E-state index < -0.39 is 0 Å². The number of halogens is 1. The maximum atomic E-state index is 13.4. The highest BCUT2D eigenvalue weighted by molar-refractivity contribution is 5.48. The van der Waals surface area contributed by atoms with Crippen molar-refractivity contribution in [1.29, 1.82) is 0 Å². The van der Waals surface area contributed by atoms with Crippen LogP contribution in [0.15, 0.2) is 30.9 Å². The van der Waals surface area contributed by atoms with Crippen LogP contribution >= 0.6 is 0 Å². The van der Waals surface area contributed by atoms with E-state index in [0.29, 0.717) is 17.8 Å². The minimum atomic E-state index is -0.319. The van der Waals surface area contributed by atoms with E-state index in [4.69, 9.17) is 5.11 Å². The van der Waals surface area contributed by atoms with Crippen LogP contribution in [0.25, 0.3) is 0 Å². The molecule has 0 aliphatic heterocycles. The predicted octanol–water partition coefficient (Wildman–Crippen LogP) is 1.94. The monoisotopic (exact) mass is 195 g/mol. The molecule has 14 heavy (non-hydrogen) atoms. The molecule has 0 atom stereocenters. The normalized spacial score (nSPS) is 9.93. The summed E-state index contributed by atoms with van der Waals surface area (Å²) < 4.78 is 13.4. The van der Waals surface area contributed by atoms with Crippen molar-refractivity contribution in [3.63, 3.8) is 0 Å². The van der Waals surface area contributed by atoms with Crippen molar-refractivity contribution >= 4 is 5.69 Å². The maximum absolute atomic E-state index is 13.4. The van der Waals surface area contributed by atoms with Gasteiger partial charge in [0.2, 0.25) is 0 Å². The summed E-state index contributed by atoms with van der Waals surface area (Å²) >= 11 is 0. The molecule has 0 fully saturated rings. The van der Waals surface area contributed by atoms with E-state index in [2.05, 4.69) is 6.58 Å². The van der Waals surface area contributed by atoms with E-state index >= 15 is 0 Å². The van der Waals surface area contributed by atoms with Crippen LogP contribution in [-0.2, 0) is 6.61 Å². The lowest BCUT2D eigenvalue weighted by molar-refractivity contribution is 0.281. The Morgan fingerprint density at radius 1 is 1.57 bits per heavy atom. The van der Waals surface area contributed by atoms with Gasteiger partial charge in [0.15, 0.2) is 0 Å². The Balaban J connectivity index is 2.93. The Kier molecular flexibility index (Phi) is 3.65. The second kappa shape index (κ2) is 4.77. The Bertz CT molecular complexity index is 325. The molecule has 1 aromatic rings. The number of nitrogens with zero attached hydrogens (tertiary/aromatic N) is 1. The first-order chi connectivity index (χ1) is 6.69. The molecule has 1 rings (SSSR count). The van der Waals surface area contributed by atoms with Crippen LogP contribution in [0.3, 0.4) is 0 Å². The Hall–Kier alpha value is -1.35. The lowest BCUT2D eigenvalue weighted by Crippen LogP contribution is -2.17. The zero-order valence-electron chi connectivity index (χ0n) is 8.20. The van der Waals surface area contributed by atoms with Crippen molar-refractivity contribution in [1.82, 2.24) is 0 Å². The summed E-state index contributed by atoms with van der Waals surface area (Å²) in [5.41, 5.74) is 1.10. The van der Waals surface area contributed by atoms with E-state index in [1.807, 2.05) is 0 Å². The molecule has 1 N–H and O–H groups in total. The van der Waals surface area contributed by atoms with Gasteiger partial charge in [0.05, 0.1) is 12.3 Å². The largest absolute Gasteiger partial charge is 0.392 e. The molecular weight excluding hydrogens is 181 g/mol. The van der Waals surface area contributed by atoms with Gasteiger partial charge in [-0.25, -0.2) is 4.39 Å². The van der Waals surface area contributed by atoms with Crippen LogP contribution in [0.1, 0.15) is 5.56 Å². The number of hydrogen-bond donors (Lipinski definition) is 1. The van der Waals surface area contributed by atoms with Gasteiger partial charge in [-0.1, -0.05) is 12.1 Å². The van der Waals surface area contributed by atoms with Gasteiger partial charge < -0.3 is 10.0 Å². The van der Waals surface area contributed by atoms with Gasteiger partial charge in [-0.2, -0.15) is 0 Å². The van der Waals surface area contributed by atoms with Crippen LogP contribution in [0.5, 0.6) is 0 Å². The summed E-state index contributed by atoms with van der Waals surface area (Å²) in [6.07, 6.45) is 1.71. The van der Waals surface area contributed by atoms with E-state index in [9.17, 15) is 4.39 Å². The summed E-state index contributed by atoms with van der Waals surface area (Å²) in [5.74, 6) is -0.319. The number of aliphatic hydroxyl groups is 1. The van der Waals surface area contributed by atoms with E-state index in [1.165, 1.54) is 6.07 Å². The highest BCUT2D eigenvalue weighted by Gasteiger charge is 2.06. The smallest absolute Gasteiger partial charge is 0.146 e. The first-order valence-electron chi connectivity index (χ1n) is 4.40. The summed E-state index contributed by atoms with van der Waals surface area (Å²) in [4.78, 5) is 1.75. The lowest BCUT2D eigenvalue weighted by atomic mass is 10.2. The van der Waals surface area contributed by atoms with Gasteiger partial charge in [-0.15, -0.1) is 6.58 Å². The second-order valence-electron chi connectivity index (χ2n) is 3.11. The van der Waals surface area contributed by atoms with Crippen molar-refractivity contribution in [2.75, 3.05) is 18.5 Å². The average Bonchev–Trinajstić information content (AvgIpc) is 2.17. The molecule has 0 saturated heterocycles. The number of anilines is 1. The summed E-state index contributed by atoms with van der Waals surface area (Å²) in [6, 6.07) is 4.71. The summed E-state index contributed by atoms with van der Waals surface area (Å²) in [5, 5.41) is 8.80. The van der Waals surface area contributed by atoms with Crippen LogP contribution < -0.4 is 4.90 Å². The Morgan fingerprint density at radius 2 is 2.29 bits per heavy atom. The van der Waals surface area contributed by atoms with Crippen molar-refractivity contribution in [3.05, 3.63) is 42.2 Å². The van der Waals surface area contributed by atoms with E-state index in [-0.39, 0.29) is 12.4 Å². The van der Waals surface area contributed by atoms with Gasteiger partial charge >= 0.3 is 0 Å². The van der Waals surface area contributed by atoms with Crippen LogP contribution in [-0.4, -0.2) is 18.7 Å². The van der Waals surface area contributed by atoms with Crippen molar-refractivity contribution in [3.8, 4) is 0 Å². The van der Waals surface area contributed by atoms with Gasteiger partial charge in [-0.05, 0) is 17.7 Å². The first-order valence-corrected chi connectivity index (χ1v) is 4.40. The minimum absolute atomic E-state index is 0.137. The fourth-order valence-corrected chi connectivity index (χ4v) is 1.25. The quantitative estimate of drug-likeness (QED) is 0.742. The molecular formula is C11H14FNO. The molecule has 0 spiro atoms. The third-order valence-corrected chi connectivity index (χ3v) is 2.01. The minimum Gasteiger partial charge on any atom is -0.392 e. The highest BCUT2D eigenvalue weighted by atomic mass is 19.1. The van der Waals surface area contributed by atoms with Gasteiger partial charge in [-0.3, -0.25) is 0 Å². The molecule has 2 nitrogen and oxygen atoms in total. The van der Waals surface area contributed by atoms with Gasteiger partial charge in [0.25, 0.3) is 0 Å². The highest BCUT2D eigenvalue weighted by Crippen LogP contribution is 2.19. The fraction of sp³-hybridized carbons (Fsp3) is 0.273. The zero-order chi connectivity index (χ0) is 10.6. The molecule has 3 heteroatoms. The Morgan fingerprint density at radius 3 is 2.79 bits per heavy atom. The van der Waals surface area contributed by atoms with Gasteiger partial charge in [0.1, 0.15) is 5.82 Å². The molecule has 0 bridgehead atoms. The molecule has 0 unspecified atom stereocenters. The molecule has 76 valence electrons. The fourth-order valence-electron chi connectivity index (χ4n) is 1.25. The Labute approximate surface area is 83.3 Å². The zero-order valence-corrected chi connectivity index (χ0v) is 8.20. The molecule has 0 aliphatic rings. The average molecular weight is 195 g/mol. The molecule has 0 aromatic heterocycles. The third kappa shape index (κ3) is 2.33. The third-order valence-electron chi connectivity index (χ3n) is 2.01. The summed E-state index contributed by atoms with van der Waals surface area (Å²) in [7, 11) is 1.79. The molecule has 0 amide bonds. The number of aliphatic hydroxyl groups excluding tert-OH is 1. The number of likely N-dealkylation sites (N-methyl/N-ethyl adjacent to an activating group) is 1. The van der Waals surface area contributed by atoms with E-state index in [1.54, 1.807) is 30.2 Å². The maximum Gasteiger partial charge on any atom is 0.146 e. The molecule has 1 aromatic carbocycles. The molecule has 0 saturated carbocycles. The van der Waals surface area contributed by atoms with Gasteiger partial charge in [0, 0.05) is 13.6 Å². The number of rotatable bonds is 4. The lowest BCUT2D eigenvalue weighted by Gasteiger charge is -2.18. The number of benzene rings is 1. The molecule has 0 aliphatic carbocycles. The van der Waals surface area contributed by atoms with Crippen molar-refractivity contribution in [2.45, 2.75) is 6.61 Å². The topological polar surface area (TPSA) is 23.5 Å². The SMILES string of the molecule is C=CCN(C)c1ccc(CO)cc1F. The predicted molar refractivity (Wildman–Crippen MR) is 55.8 cm³/mol. The second-order valence-corrected chi connectivity index (χ2v) is 3.11. The van der Waals surface area contributed by atoms with Crippen LogP contribution in [0.4, 0.5) is 10.1 Å².